The molecule has 17 heavy (non-hydrogen) atoms. The molecule has 0 radical (unpaired) electrons. The minimum Gasteiger partial charge on any atom is -0.450 e. The predicted molar refractivity (Wildman–Crippen MR) is 67.4 cm³/mol. The summed E-state index contributed by atoms with van der Waals surface area (Å²) in [4.78, 5) is 10.1. The van der Waals surface area contributed by atoms with Gasteiger partial charge >= 0.3 is 6.16 Å². The number of hydrogen-bond donors (Lipinski definition) is 1. The van der Waals surface area contributed by atoms with Gasteiger partial charge in [-0.25, -0.2) is 4.79 Å². The van der Waals surface area contributed by atoms with Gasteiger partial charge in [0.1, 0.15) is 0 Å². The Morgan fingerprint density at radius 3 is 2.29 bits per heavy atom. The number of hydrogen-bond acceptors (Lipinski definition) is 2. The van der Waals surface area contributed by atoms with E-state index in [0.29, 0.717) is 0 Å². The monoisotopic (exact) mass is 236 g/mol. The molecule has 0 aliphatic rings. The Kier molecular flexibility index (Phi) is 4.55. The van der Waals surface area contributed by atoms with E-state index in [1.54, 1.807) is 0 Å². The van der Waals surface area contributed by atoms with Gasteiger partial charge in [-0.3, -0.25) is 0 Å². The predicted octanol–water partition coefficient (Wildman–Crippen LogP) is 3.61. The average Bonchev–Trinajstić information content (AvgIpc) is 2.23. The van der Waals surface area contributed by atoms with Crippen molar-refractivity contribution in [3.63, 3.8) is 0 Å². The Morgan fingerprint density at radius 2 is 1.82 bits per heavy atom. The van der Waals surface area contributed by atoms with Gasteiger partial charge in [0.15, 0.2) is 0 Å². The van der Waals surface area contributed by atoms with E-state index in [-0.39, 0.29) is 12.0 Å². The summed E-state index contributed by atoms with van der Waals surface area (Å²) >= 11 is 0. The minimum absolute atomic E-state index is 0.172. The smallest absolute Gasteiger partial charge is 0.450 e. The standard InChI is InChI=1S/C14H20O3/c1-14(2,3)12-8-6-11(7-9-12)5-4-10-17-13(15)16/h6-9H,4-5,10H2,1-3H3,(H,15,16). The van der Waals surface area contributed by atoms with Crippen molar-refractivity contribution < 1.29 is 14.6 Å². The van der Waals surface area contributed by atoms with E-state index in [1.165, 1.54) is 11.1 Å². The molecule has 0 aliphatic heterocycles. The normalized spacial score (nSPS) is 11.2. The first-order valence-electron chi connectivity index (χ1n) is 5.85. The summed E-state index contributed by atoms with van der Waals surface area (Å²) in [6.45, 7) is 6.81. The number of benzene rings is 1. The summed E-state index contributed by atoms with van der Waals surface area (Å²) in [6, 6.07) is 8.46. The van der Waals surface area contributed by atoms with Gasteiger partial charge in [0.2, 0.25) is 0 Å². The van der Waals surface area contributed by atoms with Crippen LogP contribution in [-0.4, -0.2) is 17.9 Å². The maximum absolute atomic E-state index is 10.1. The Hall–Kier alpha value is -1.51. The van der Waals surface area contributed by atoms with Crippen molar-refractivity contribution in [2.24, 2.45) is 0 Å². The van der Waals surface area contributed by atoms with Gasteiger partial charge in [-0.05, 0) is 29.4 Å². The zero-order valence-electron chi connectivity index (χ0n) is 10.7. The van der Waals surface area contributed by atoms with Crippen molar-refractivity contribution in [1.82, 2.24) is 0 Å². The molecule has 3 nitrogen and oxygen atoms in total. The highest BCUT2D eigenvalue weighted by Crippen LogP contribution is 2.22. The fraction of sp³-hybridized carbons (Fsp3) is 0.500. The first-order chi connectivity index (χ1) is 7.89. The molecule has 0 heterocycles. The highest BCUT2D eigenvalue weighted by Gasteiger charge is 2.12. The van der Waals surface area contributed by atoms with E-state index in [1.807, 2.05) is 0 Å². The Morgan fingerprint density at radius 1 is 1.24 bits per heavy atom. The maximum atomic E-state index is 10.1. The largest absolute Gasteiger partial charge is 0.505 e. The van der Waals surface area contributed by atoms with Gasteiger partial charge in [-0.2, -0.15) is 0 Å². The molecule has 1 rings (SSSR count). The Labute approximate surface area is 102 Å². The summed E-state index contributed by atoms with van der Waals surface area (Å²) in [7, 11) is 0. The Balaban J connectivity index is 2.43. The lowest BCUT2D eigenvalue weighted by atomic mass is 9.86. The molecular weight excluding hydrogens is 216 g/mol. The van der Waals surface area contributed by atoms with E-state index in [0.717, 1.165) is 12.8 Å². The molecule has 0 aromatic heterocycles. The van der Waals surface area contributed by atoms with E-state index < -0.39 is 6.16 Å². The molecule has 0 unspecified atom stereocenters. The molecule has 3 heteroatoms. The third kappa shape index (κ3) is 4.89. The van der Waals surface area contributed by atoms with Crippen molar-refractivity contribution in [1.29, 1.82) is 0 Å². The van der Waals surface area contributed by atoms with Crippen LogP contribution in [0.25, 0.3) is 0 Å². The second-order valence-corrected chi connectivity index (χ2v) is 5.16. The third-order valence-electron chi connectivity index (χ3n) is 2.66. The van der Waals surface area contributed by atoms with Gasteiger partial charge in [0, 0.05) is 0 Å². The fourth-order valence-corrected chi connectivity index (χ4v) is 1.61. The number of carboxylic acid groups (broad SMARTS) is 1. The van der Waals surface area contributed by atoms with Crippen LogP contribution in [0.4, 0.5) is 4.79 Å². The van der Waals surface area contributed by atoms with Gasteiger partial charge in [0.25, 0.3) is 0 Å². The van der Waals surface area contributed by atoms with Gasteiger partial charge < -0.3 is 9.84 Å². The number of rotatable bonds is 4. The van der Waals surface area contributed by atoms with Gasteiger partial charge in [0.05, 0.1) is 6.61 Å². The van der Waals surface area contributed by atoms with E-state index in [9.17, 15) is 4.79 Å². The number of ether oxygens (including phenoxy) is 1. The molecule has 0 fully saturated rings. The quantitative estimate of drug-likeness (QED) is 0.641. The molecule has 94 valence electrons. The summed E-state index contributed by atoms with van der Waals surface area (Å²) in [5, 5.41) is 8.31. The third-order valence-corrected chi connectivity index (χ3v) is 2.66. The molecule has 0 saturated heterocycles. The van der Waals surface area contributed by atoms with Gasteiger partial charge in [-0.1, -0.05) is 45.0 Å². The lowest BCUT2D eigenvalue weighted by molar-refractivity contribution is 0.0907. The lowest BCUT2D eigenvalue weighted by Crippen LogP contribution is -2.10. The molecule has 0 saturated carbocycles. The lowest BCUT2D eigenvalue weighted by Gasteiger charge is -2.19. The first kappa shape index (κ1) is 13.6. The summed E-state index contributed by atoms with van der Waals surface area (Å²) < 4.78 is 4.46. The number of aryl methyl sites for hydroxylation is 1. The molecular formula is C14H20O3. The van der Waals surface area contributed by atoms with Crippen LogP contribution in [0.1, 0.15) is 38.3 Å². The summed E-state index contributed by atoms with van der Waals surface area (Å²) in [6.07, 6.45) is 0.367. The Bertz CT molecular complexity index is 360. The minimum atomic E-state index is -1.20. The molecule has 1 aromatic carbocycles. The molecule has 0 atom stereocenters. The molecule has 0 bridgehead atoms. The van der Waals surface area contributed by atoms with Crippen molar-refractivity contribution in [3.8, 4) is 0 Å². The number of carbonyl (C=O) groups is 1. The van der Waals surface area contributed by atoms with Crippen molar-refractivity contribution in [3.05, 3.63) is 35.4 Å². The van der Waals surface area contributed by atoms with E-state index >= 15 is 0 Å². The van der Waals surface area contributed by atoms with Crippen LogP contribution in [-0.2, 0) is 16.6 Å². The van der Waals surface area contributed by atoms with E-state index in [4.69, 9.17) is 5.11 Å². The molecule has 0 aliphatic carbocycles. The SMILES string of the molecule is CC(C)(C)c1ccc(CCCOC(=O)O)cc1. The summed E-state index contributed by atoms with van der Waals surface area (Å²) in [5.41, 5.74) is 2.69. The maximum Gasteiger partial charge on any atom is 0.505 e. The van der Waals surface area contributed by atoms with Gasteiger partial charge in [-0.15, -0.1) is 0 Å². The molecule has 1 aromatic rings. The molecule has 1 N–H and O–H groups in total. The first-order valence-corrected chi connectivity index (χ1v) is 5.85. The van der Waals surface area contributed by atoms with Crippen molar-refractivity contribution in [2.45, 2.75) is 39.0 Å². The van der Waals surface area contributed by atoms with Crippen LogP contribution in [0.15, 0.2) is 24.3 Å². The van der Waals surface area contributed by atoms with Crippen LogP contribution in [0.3, 0.4) is 0 Å². The highest BCUT2D eigenvalue weighted by atomic mass is 16.7. The summed E-state index contributed by atoms with van der Waals surface area (Å²) in [5.74, 6) is 0. The van der Waals surface area contributed by atoms with Crippen LogP contribution in [0, 0.1) is 0 Å². The van der Waals surface area contributed by atoms with E-state index in [2.05, 4.69) is 49.8 Å². The van der Waals surface area contributed by atoms with Crippen LogP contribution < -0.4 is 0 Å². The molecule has 0 spiro atoms. The zero-order valence-corrected chi connectivity index (χ0v) is 10.7. The topological polar surface area (TPSA) is 46.5 Å². The van der Waals surface area contributed by atoms with Crippen LogP contribution >= 0.6 is 0 Å². The highest BCUT2D eigenvalue weighted by molar-refractivity contribution is 5.56. The zero-order chi connectivity index (χ0) is 12.9. The molecule has 0 amide bonds. The fourth-order valence-electron chi connectivity index (χ4n) is 1.61. The van der Waals surface area contributed by atoms with Crippen LogP contribution in [0.5, 0.6) is 0 Å². The second kappa shape index (κ2) is 5.71. The average molecular weight is 236 g/mol. The second-order valence-electron chi connectivity index (χ2n) is 5.16. The van der Waals surface area contributed by atoms with Crippen LogP contribution in [0.2, 0.25) is 0 Å². The van der Waals surface area contributed by atoms with Crippen molar-refractivity contribution >= 4 is 6.16 Å². The van der Waals surface area contributed by atoms with Crippen molar-refractivity contribution in [2.75, 3.05) is 6.61 Å².